The van der Waals surface area contributed by atoms with Crippen LogP contribution in [0, 0.1) is 5.92 Å². The average molecular weight is 134 g/mol. The van der Waals surface area contributed by atoms with Gasteiger partial charge in [-0.3, -0.25) is 4.79 Å². The summed E-state index contributed by atoms with van der Waals surface area (Å²) in [5.74, 6) is -1.14. The van der Waals surface area contributed by atoms with Crippen molar-refractivity contribution in [1.29, 1.82) is 0 Å². The highest BCUT2D eigenvalue weighted by Gasteiger charge is 2.19. The minimum absolute atomic E-state index is 0.495. The summed E-state index contributed by atoms with van der Waals surface area (Å²) >= 11 is 0. The third-order valence-electron chi connectivity index (χ3n) is 1.26. The van der Waals surface area contributed by atoms with Gasteiger partial charge in [-0.25, -0.2) is 4.39 Å². The average Bonchev–Trinajstić information content (AvgIpc) is 1.84. The molecule has 2 unspecified atom stereocenters. The van der Waals surface area contributed by atoms with E-state index in [0.717, 1.165) is 0 Å². The van der Waals surface area contributed by atoms with Gasteiger partial charge < -0.3 is 4.74 Å². The van der Waals surface area contributed by atoms with E-state index in [0.29, 0.717) is 0 Å². The highest BCUT2D eigenvalue weighted by atomic mass is 19.1. The van der Waals surface area contributed by atoms with E-state index in [1.807, 2.05) is 0 Å². The van der Waals surface area contributed by atoms with Crippen molar-refractivity contribution in [2.24, 2.45) is 5.92 Å². The number of alkyl halides is 1. The van der Waals surface area contributed by atoms with Gasteiger partial charge in [-0.2, -0.15) is 0 Å². The lowest BCUT2D eigenvalue weighted by atomic mass is 10.1. The van der Waals surface area contributed by atoms with E-state index in [2.05, 4.69) is 4.74 Å². The Morgan fingerprint density at radius 3 is 2.11 bits per heavy atom. The smallest absolute Gasteiger partial charge is 0.311 e. The first-order valence-electron chi connectivity index (χ1n) is 2.81. The van der Waals surface area contributed by atoms with Crippen LogP contribution < -0.4 is 0 Å². The number of carbonyl (C=O) groups excluding carboxylic acids is 1. The van der Waals surface area contributed by atoms with Crippen molar-refractivity contribution in [3.8, 4) is 0 Å². The molecule has 2 atom stereocenters. The first-order chi connectivity index (χ1) is 4.09. The second kappa shape index (κ2) is 3.43. The minimum atomic E-state index is -1.13. The largest absolute Gasteiger partial charge is 0.469 e. The Hall–Kier alpha value is -0.600. The molecule has 0 aromatic heterocycles. The van der Waals surface area contributed by atoms with Crippen LogP contribution in [0.25, 0.3) is 0 Å². The molecule has 3 heteroatoms. The van der Waals surface area contributed by atoms with Crippen LogP contribution in [-0.2, 0) is 9.53 Å². The van der Waals surface area contributed by atoms with Crippen molar-refractivity contribution >= 4 is 5.97 Å². The third kappa shape index (κ3) is 2.44. The highest BCUT2D eigenvalue weighted by Crippen LogP contribution is 2.06. The maximum atomic E-state index is 12.2. The quantitative estimate of drug-likeness (QED) is 0.529. The summed E-state index contributed by atoms with van der Waals surface area (Å²) < 4.78 is 16.5. The van der Waals surface area contributed by atoms with Gasteiger partial charge in [0.1, 0.15) is 6.17 Å². The number of methoxy groups -OCH3 is 1. The van der Waals surface area contributed by atoms with E-state index in [1.165, 1.54) is 21.0 Å². The Labute approximate surface area is 54.0 Å². The van der Waals surface area contributed by atoms with Gasteiger partial charge in [0.25, 0.3) is 0 Å². The van der Waals surface area contributed by atoms with E-state index in [1.54, 1.807) is 0 Å². The lowest BCUT2D eigenvalue weighted by Crippen LogP contribution is -2.20. The summed E-state index contributed by atoms with van der Waals surface area (Å²) in [4.78, 5) is 10.5. The monoisotopic (exact) mass is 134 g/mol. The number of hydrogen-bond acceptors (Lipinski definition) is 2. The summed E-state index contributed by atoms with van der Waals surface area (Å²) in [5, 5.41) is 0. The van der Waals surface area contributed by atoms with E-state index >= 15 is 0 Å². The second-order valence-corrected chi connectivity index (χ2v) is 1.99. The summed E-state index contributed by atoms with van der Waals surface area (Å²) in [7, 11) is 1.25. The maximum absolute atomic E-state index is 12.2. The molecule has 0 saturated heterocycles. The Balaban J connectivity index is 3.72. The molecule has 0 radical (unpaired) electrons. The van der Waals surface area contributed by atoms with Gasteiger partial charge in [-0.1, -0.05) is 0 Å². The Bertz CT molecular complexity index is 101. The summed E-state index contributed by atoms with van der Waals surface area (Å²) in [6.07, 6.45) is -1.13. The fourth-order valence-corrected chi connectivity index (χ4v) is 0.373. The molecule has 9 heavy (non-hydrogen) atoms. The van der Waals surface area contributed by atoms with Gasteiger partial charge in [-0.15, -0.1) is 0 Å². The molecule has 2 nitrogen and oxygen atoms in total. The van der Waals surface area contributed by atoms with Crippen LogP contribution in [0.15, 0.2) is 0 Å². The Kier molecular flexibility index (Phi) is 3.20. The van der Waals surface area contributed by atoms with E-state index in [4.69, 9.17) is 0 Å². The normalized spacial score (nSPS) is 16.4. The zero-order chi connectivity index (χ0) is 7.44. The number of halogens is 1. The molecule has 0 amide bonds. The molecule has 0 rings (SSSR count). The molecule has 0 aromatic carbocycles. The molecular weight excluding hydrogens is 123 g/mol. The van der Waals surface area contributed by atoms with Gasteiger partial charge in [0.05, 0.1) is 13.0 Å². The van der Waals surface area contributed by atoms with Crippen molar-refractivity contribution in [3.63, 3.8) is 0 Å². The van der Waals surface area contributed by atoms with E-state index in [9.17, 15) is 9.18 Å². The molecule has 0 aliphatic heterocycles. The molecule has 0 heterocycles. The Morgan fingerprint density at radius 1 is 1.56 bits per heavy atom. The summed E-state index contributed by atoms with van der Waals surface area (Å²) in [5.41, 5.74) is 0. The van der Waals surface area contributed by atoms with E-state index in [-0.39, 0.29) is 0 Å². The zero-order valence-corrected chi connectivity index (χ0v) is 5.85. The lowest BCUT2D eigenvalue weighted by molar-refractivity contribution is -0.146. The Morgan fingerprint density at radius 2 is 2.00 bits per heavy atom. The fraction of sp³-hybridized carbons (Fsp3) is 0.833. The SMILES string of the molecule is COC(=O)C(C)C(C)F. The first-order valence-corrected chi connectivity index (χ1v) is 2.81. The van der Waals surface area contributed by atoms with Crippen LogP contribution in [0.3, 0.4) is 0 Å². The number of hydrogen-bond donors (Lipinski definition) is 0. The fourth-order valence-electron chi connectivity index (χ4n) is 0.373. The molecule has 0 aliphatic rings. The van der Waals surface area contributed by atoms with Gasteiger partial charge in [0.15, 0.2) is 0 Å². The molecule has 0 N–H and O–H groups in total. The van der Waals surface area contributed by atoms with Crippen LogP contribution in [0.1, 0.15) is 13.8 Å². The van der Waals surface area contributed by atoms with Crippen LogP contribution in [0.5, 0.6) is 0 Å². The molecule has 0 bridgehead atoms. The number of carbonyl (C=O) groups is 1. The van der Waals surface area contributed by atoms with Crippen LogP contribution in [0.2, 0.25) is 0 Å². The van der Waals surface area contributed by atoms with E-state index < -0.39 is 18.1 Å². The molecular formula is C6H11FO2. The minimum Gasteiger partial charge on any atom is -0.469 e. The molecule has 0 fully saturated rings. The van der Waals surface area contributed by atoms with Crippen LogP contribution >= 0.6 is 0 Å². The zero-order valence-electron chi connectivity index (χ0n) is 5.85. The number of ether oxygens (including phenoxy) is 1. The topological polar surface area (TPSA) is 26.3 Å². The molecule has 0 spiro atoms. The van der Waals surface area contributed by atoms with Gasteiger partial charge >= 0.3 is 5.97 Å². The van der Waals surface area contributed by atoms with Crippen molar-refractivity contribution in [3.05, 3.63) is 0 Å². The molecule has 0 saturated carbocycles. The number of rotatable bonds is 2. The highest BCUT2D eigenvalue weighted by molar-refractivity contribution is 5.72. The molecule has 0 aliphatic carbocycles. The number of esters is 1. The lowest BCUT2D eigenvalue weighted by Gasteiger charge is -2.08. The van der Waals surface area contributed by atoms with Crippen molar-refractivity contribution in [2.45, 2.75) is 20.0 Å². The van der Waals surface area contributed by atoms with Gasteiger partial charge in [0, 0.05) is 0 Å². The van der Waals surface area contributed by atoms with Crippen LogP contribution in [-0.4, -0.2) is 19.3 Å². The van der Waals surface area contributed by atoms with Crippen LogP contribution in [0.4, 0.5) is 4.39 Å². The second-order valence-electron chi connectivity index (χ2n) is 1.99. The maximum Gasteiger partial charge on any atom is 0.311 e. The van der Waals surface area contributed by atoms with Crippen molar-refractivity contribution < 1.29 is 13.9 Å². The summed E-state index contributed by atoms with van der Waals surface area (Å²) in [6, 6.07) is 0. The van der Waals surface area contributed by atoms with Crippen molar-refractivity contribution in [2.75, 3.05) is 7.11 Å². The van der Waals surface area contributed by atoms with Gasteiger partial charge in [0.2, 0.25) is 0 Å². The predicted octanol–water partition coefficient (Wildman–Crippen LogP) is 1.15. The van der Waals surface area contributed by atoms with Crippen molar-refractivity contribution in [1.82, 2.24) is 0 Å². The van der Waals surface area contributed by atoms with Gasteiger partial charge in [-0.05, 0) is 13.8 Å². The third-order valence-corrected chi connectivity index (χ3v) is 1.26. The predicted molar refractivity (Wildman–Crippen MR) is 31.7 cm³/mol. The summed E-state index contributed by atoms with van der Waals surface area (Å²) in [6.45, 7) is 2.83. The first kappa shape index (κ1) is 8.40. The molecule has 0 aromatic rings. The standard InChI is InChI=1S/C6H11FO2/c1-4(5(2)7)6(8)9-3/h4-5H,1-3H3. The molecule has 54 valence electrons.